The molecule has 4 nitrogen and oxygen atoms in total. The largest absolute Gasteiger partial charge is 0.480 e. The molecule has 4 heteroatoms. The van der Waals surface area contributed by atoms with Crippen molar-refractivity contribution in [3.8, 4) is 0 Å². The summed E-state index contributed by atoms with van der Waals surface area (Å²) in [6.07, 6.45) is 8.27. The Hall–Kier alpha value is -1.32. The number of hydrogen-bond donors (Lipinski definition) is 2. The highest BCUT2D eigenvalue weighted by atomic mass is 16.4. The second-order valence-corrected chi connectivity index (χ2v) is 5.34. The van der Waals surface area contributed by atoms with Crippen LogP contribution in [0.5, 0.6) is 0 Å². The van der Waals surface area contributed by atoms with Gasteiger partial charge in [-0.25, -0.2) is 4.79 Å². The molecule has 0 bridgehead atoms. The molecule has 0 heterocycles. The van der Waals surface area contributed by atoms with Crippen LogP contribution in [0.4, 0.5) is 0 Å². The van der Waals surface area contributed by atoms with Gasteiger partial charge in [-0.05, 0) is 18.4 Å². The van der Waals surface area contributed by atoms with Crippen LogP contribution in [0.2, 0.25) is 0 Å². The number of carbonyl (C=O) groups is 2. The van der Waals surface area contributed by atoms with Crippen LogP contribution in [-0.2, 0) is 9.59 Å². The Morgan fingerprint density at radius 1 is 1.11 bits per heavy atom. The molecule has 1 atom stereocenters. The number of carbonyl (C=O) groups excluding carboxylic acids is 1. The molecule has 1 amide bonds. The molecular formula is C15H27NO3. The zero-order valence-electron chi connectivity index (χ0n) is 12.2. The number of aliphatic carboxylic acids is 1. The zero-order valence-corrected chi connectivity index (χ0v) is 12.2. The third kappa shape index (κ3) is 10.3. The SMILES string of the molecule is C=CC(=O)NC(CCCCCCCC(C)C)C(=O)O. The van der Waals surface area contributed by atoms with Gasteiger partial charge in [0.05, 0.1) is 0 Å². The van der Waals surface area contributed by atoms with E-state index >= 15 is 0 Å². The van der Waals surface area contributed by atoms with Crippen molar-refractivity contribution in [1.82, 2.24) is 5.32 Å². The van der Waals surface area contributed by atoms with E-state index in [1.165, 1.54) is 19.3 Å². The number of rotatable bonds is 11. The molecule has 19 heavy (non-hydrogen) atoms. The molecule has 0 aliphatic carbocycles. The number of hydrogen-bond acceptors (Lipinski definition) is 2. The van der Waals surface area contributed by atoms with Crippen molar-refractivity contribution < 1.29 is 14.7 Å². The summed E-state index contributed by atoms with van der Waals surface area (Å²) in [5.41, 5.74) is 0. The lowest BCUT2D eigenvalue weighted by molar-refractivity contribution is -0.141. The Balaban J connectivity index is 3.67. The molecule has 2 N–H and O–H groups in total. The Bertz CT molecular complexity index is 287. The van der Waals surface area contributed by atoms with Gasteiger partial charge in [0.15, 0.2) is 0 Å². The van der Waals surface area contributed by atoms with Gasteiger partial charge in [0.1, 0.15) is 6.04 Å². The average Bonchev–Trinajstić information content (AvgIpc) is 2.35. The summed E-state index contributed by atoms with van der Waals surface area (Å²) in [4.78, 5) is 22.0. The smallest absolute Gasteiger partial charge is 0.326 e. The van der Waals surface area contributed by atoms with Gasteiger partial charge >= 0.3 is 5.97 Å². The van der Waals surface area contributed by atoms with Crippen molar-refractivity contribution in [2.45, 2.75) is 64.8 Å². The summed E-state index contributed by atoms with van der Waals surface area (Å²) in [6.45, 7) is 7.76. The second-order valence-electron chi connectivity index (χ2n) is 5.34. The van der Waals surface area contributed by atoms with E-state index in [-0.39, 0.29) is 0 Å². The van der Waals surface area contributed by atoms with E-state index in [4.69, 9.17) is 5.11 Å². The standard InChI is InChI=1S/C15H27NO3/c1-4-14(17)16-13(15(18)19)11-9-7-5-6-8-10-12(2)3/h4,12-13H,1,5-11H2,2-3H3,(H,16,17)(H,18,19). The van der Waals surface area contributed by atoms with E-state index in [0.29, 0.717) is 6.42 Å². The van der Waals surface area contributed by atoms with Crippen molar-refractivity contribution in [2.75, 3.05) is 0 Å². The normalized spacial score (nSPS) is 12.2. The first-order valence-corrected chi connectivity index (χ1v) is 7.13. The van der Waals surface area contributed by atoms with Gasteiger partial charge in [-0.1, -0.05) is 59.0 Å². The Morgan fingerprint density at radius 3 is 2.11 bits per heavy atom. The monoisotopic (exact) mass is 269 g/mol. The average molecular weight is 269 g/mol. The summed E-state index contributed by atoms with van der Waals surface area (Å²) in [6, 6.07) is -0.791. The van der Waals surface area contributed by atoms with Crippen LogP contribution in [0, 0.1) is 5.92 Å². The molecule has 0 aromatic rings. The number of unbranched alkanes of at least 4 members (excludes halogenated alkanes) is 4. The fourth-order valence-corrected chi connectivity index (χ4v) is 1.92. The molecule has 0 radical (unpaired) electrons. The van der Waals surface area contributed by atoms with Gasteiger partial charge in [-0.2, -0.15) is 0 Å². The first kappa shape index (κ1) is 17.7. The lowest BCUT2D eigenvalue weighted by Gasteiger charge is -2.13. The topological polar surface area (TPSA) is 66.4 Å². The van der Waals surface area contributed by atoms with Gasteiger partial charge in [0, 0.05) is 0 Å². The van der Waals surface area contributed by atoms with Gasteiger partial charge in [-0.3, -0.25) is 4.79 Å². The molecule has 0 fully saturated rings. The minimum absolute atomic E-state index is 0.427. The predicted octanol–water partition coefficient (Wildman–Crippen LogP) is 3.13. The third-order valence-corrected chi connectivity index (χ3v) is 3.07. The maximum absolute atomic E-state index is 11.1. The van der Waals surface area contributed by atoms with Gasteiger partial charge in [-0.15, -0.1) is 0 Å². The Morgan fingerprint density at radius 2 is 1.63 bits per heavy atom. The number of nitrogens with one attached hydrogen (secondary N) is 1. The molecule has 0 aromatic carbocycles. The molecule has 1 unspecified atom stereocenters. The van der Waals surface area contributed by atoms with Crippen molar-refractivity contribution in [2.24, 2.45) is 5.92 Å². The minimum atomic E-state index is -0.977. The van der Waals surface area contributed by atoms with Gasteiger partial charge in [0.2, 0.25) is 5.91 Å². The highest BCUT2D eigenvalue weighted by Gasteiger charge is 2.17. The van der Waals surface area contributed by atoms with E-state index in [1.807, 2.05) is 0 Å². The Kier molecular flexibility index (Phi) is 9.85. The van der Waals surface area contributed by atoms with Gasteiger partial charge < -0.3 is 10.4 Å². The first-order chi connectivity index (χ1) is 8.97. The molecule has 110 valence electrons. The Labute approximate surface area is 116 Å². The van der Waals surface area contributed by atoms with Crippen LogP contribution in [0.3, 0.4) is 0 Å². The van der Waals surface area contributed by atoms with Crippen LogP contribution in [0.25, 0.3) is 0 Å². The summed E-state index contributed by atoms with van der Waals surface area (Å²) in [5.74, 6) is -0.648. The maximum Gasteiger partial charge on any atom is 0.326 e. The number of carboxylic acids is 1. The van der Waals surface area contributed by atoms with Crippen LogP contribution in [-0.4, -0.2) is 23.0 Å². The van der Waals surface area contributed by atoms with E-state index < -0.39 is 17.9 Å². The molecular weight excluding hydrogens is 242 g/mol. The molecule has 0 aliphatic heterocycles. The van der Waals surface area contributed by atoms with E-state index in [0.717, 1.165) is 31.3 Å². The van der Waals surface area contributed by atoms with Crippen molar-refractivity contribution in [3.05, 3.63) is 12.7 Å². The highest BCUT2D eigenvalue weighted by molar-refractivity contribution is 5.90. The molecule has 0 spiro atoms. The summed E-state index contributed by atoms with van der Waals surface area (Å²) in [7, 11) is 0. The fraction of sp³-hybridized carbons (Fsp3) is 0.733. The highest BCUT2D eigenvalue weighted by Crippen LogP contribution is 2.12. The zero-order chi connectivity index (χ0) is 14.7. The summed E-state index contributed by atoms with van der Waals surface area (Å²) in [5, 5.41) is 11.4. The van der Waals surface area contributed by atoms with Crippen molar-refractivity contribution >= 4 is 11.9 Å². The molecule has 0 saturated carbocycles. The molecule has 0 aliphatic rings. The second kappa shape index (κ2) is 10.6. The first-order valence-electron chi connectivity index (χ1n) is 7.13. The lowest BCUT2D eigenvalue weighted by Crippen LogP contribution is -2.39. The molecule has 0 aromatic heterocycles. The lowest BCUT2D eigenvalue weighted by atomic mass is 10.0. The molecule has 0 saturated heterocycles. The summed E-state index contributed by atoms with van der Waals surface area (Å²) >= 11 is 0. The van der Waals surface area contributed by atoms with E-state index in [2.05, 4.69) is 25.7 Å². The van der Waals surface area contributed by atoms with E-state index in [1.54, 1.807) is 0 Å². The maximum atomic E-state index is 11.1. The van der Waals surface area contributed by atoms with Crippen LogP contribution < -0.4 is 5.32 Å². The van der Waals surface area contributed by atoms with Crippen LogP contribution in [0.15, 0.2) is 12.7 Å². The van der Waals surface area contributed by atoms with Gasteiger partial charge in [0.25, 0.3) is 0 Å². The van der Waals surface area contributed by atoms with Crippen LogP contribution >= 0.6 is 0 Å². The number of carboxylic acid groups (broad SMARTS) is 1. The third-order valence-electron chi connectivity index (χ3n) is 3.07. The minimum Gasteiger partial charge on any atom is -0.480 e. The quantitative estimate of drug-likeness (QED) is 0.447. The van der Waals surface area contributed by atoms with E-state index in [9.17, 15) is 9.59 Å². The van der Waals surface area contributed by atoms with Crippen molar-refractivity contribution in [1.29, 1.82) is 0 Å². The predicted molar refractivity (Wildman–Crippen MR) is 76.9 cm³/mol. The van der Waals surface area contributed by atoms with Crippen LogP contribution in [0.1, 0.15) is 58.8 Å². The molecule has 0 rings (SSSR count). The fourth-order valence-electron chi connectivity index (χ4n) is 1.92. The number of amides is 1. The summed E-state index contributed by atoms with van der Waals surface area (Å²) < 4.78 is 0. The van der Waals surface area contributed by atoms with Crippen molar-refractivity contribution in [3.63, 3.8) is 0 Å².